The van der Waals surface area contributed by atoms with Gasteiger partial charge in [0.2, 0.25) is 0 Å². The van der Waals surface area contributed by atoms with Crippen molar-refractivity contribution in [3.63, 3.8) is 0 Å². The number of hydrogen-bond acceptors (Lipinski definition) is 0. The molecule has 0 amide bonds. The number of hydrogen-bond donors (Lipinski definition) is 0. The Morgan fingerprint density at radius 3 is 1.00 bits per heavy atom. The molecule has 3 aromatic rings. The summed E-state index contributed by atoms with van der Waals surface area (Å²) in [7, 11) is -2.96. The van der Waals surface area contributed by atoms with Crippen molar-refractivity contribution in [2.45, 2.75) is 6.17 Å². The number of rotatable bonds is 4. The first-order valence-electron chi connectivity index (χ1n) is 7.10. The van der Waals surface area contributed by atoms with Crippen molar-refractivity contribution in [2.75, 3.05) is 0 Å². The maximum atomic E-state index is 14.5. The predicted molar refractivity (Wildman–Crippen MR) is 101 cm³/mol. The zero-order valence-electron chi connectivity index (χ0n) is 12.3. The van der Waals surface area contributed by atoms with Crippen LogP contribution in [0.15, 0.2) is 91.0 Å². The van der Waals surface area contributed by atoms with Crippen LogP contribution in [0, 0.1) is 0 Å². The third-order valence-electron chi connectivity index (χ3n) is 3.78. The molecule has 0 spiro atoms. The second-order valence-corrected chi connectivity index (χ2v) is 8.39. The molecule has 0 aliphatic rings. The molecule has 0 aliphatic heterocycles. The van der Waals surface area contributed by atoms with E-state index in [9.17, 15) is 8.78 Å². The average Bonchev–Trinajstić information content (AvgIpc) is 2.58. The van der Waals surface area contributed by atoms with Crippen LogP contribution in [0.25, 0.3) is 0 Å². The third-order valence-corrected chi connectivity index (χ3v) is 7.71. The maximum absolute atomic E-state index is 14.5. The first kappa shape index (κ1) is 17.8. The summed E-state index contributed by atoms with van der Waals surface area (Å²) in [6.07, 6.45) is -2.44. The minimum Gasteiger partial charge on any atom is -0.169 e. The highest BCUT2D eigenvalue weighted by Crippen LogP contribution is 2.60. The van der Waals surface area contributed by atoms with E-state index in [-0.39, 0.29) is 17.0 Å². The summed E-state index contributed by atoms with van der Waals surface area (Å²) in [4.78, 5) is 0. The normalized spacial score (nSPS) is 11.1. The van der Waals surface area contributed by atoms with E-state index >= 15 is 0 Å². The summed E-state index contributed by atoms with van der Waals surface area (Å²) < 4.78 is 28.9. The van der Waals surface area contributed by atoms with Gasteiger partial charge in [-0.15, -0.1) is 17.0 Å². The van der Waals surface area contributed by atoms with E-state index < -0.39 is 13.4 Å². The largest absolute Gasteiger partial charge is 0.358 e. The highest BCUT2D eigenvalue weighted by atomic mass is 79.9. The van der Waals surface area contributed by atoms with E-state index in [2.05, 4.69) is 0 Å². The molecule has 0 unspecified atom stereocenters. The lowest BCUT2D eigenvalue weighted by atomic mass is 10.4. The Morgan fingerprint density at radius 1 is 0.522 bits per heavy atom. The molecule has 0 heterocycles. The third kappa shape index (κ3) is 3.22. The van der Waals surface area contributed by atoms with Gasteiger partial charge in [0.05, 0.1) is 0 Å². The van der Waals surface area contributed by atoms with E-state index in [1.807, 2.05) is 91.0 Å². The second-order valence-electron chi connectivity index (χ2n) is 5.01. The Labute approximate surface area is 146 Å². The Balaban J connectivity index is 0.00000192. The van der Waals surface area contributed by atoms with Crippen LogP contribution in [0.2, 0.25) is 0 Å². The fraction of sp³-hybridized carbons (Fsp3) is 0.0526. The zero-order chi connectivity index (χ0) is 15.4. The zero-order valence-corrected chi connectivity index (χ0v) is 15.0. The summed E-state index contributed by atoms with van der Waals surface area (Å²) in [5.74, 6) is 0. The summed E-state index contributed by atoms with van der Waals surface area (Å²) >= 11 is 0. The molecule has 0 saturated heterocycles. The molecule has 0 nitrogen and oxygen atoms in total. The highest BCUT2D eigenvalue weighted by molar-refractivity contribution is 8.93. The van der Waals surface area contributed by atoms with Crippen LogP contribution >= 0.6 is 24.2 Å². The Bertz CT molecular complexity index is 621. The monoisotopic (exact) mass is 393 g/mol. The summed E-state index contributed by atoms with van der Waals surface area (Å²) in [5.41, 5.74) is 0. The molecule has 0 saturated carbocycles. The van der Waals surface area contributed by atoms with Gasteiger partial charge in [0.25, 0.3) is 0 Å². The molecule has 0 aliphatic carbocycles. The van der Waals surface area contributed by atoms with Crippen molar-refractivity contribution < 1.29 is 8.78 Å². The van der Waals surface area contributed by atoms with Crippen molar-refractivity contribution in [3.8, 4) is 0 Å². The van der Waals surface area contributed by atoms with Crippen LogP contribution in [0.3, 0.4) is 0 Å². The fourth-order valence-corrected chi connectivity index (χ4v) is 6.27. The molecular formula is C19H17BrF2P+. The molecule has 0 bridgehead atoms. The lowest BCUT2D eigenvalue weighted by Gasteiger charge is -2.26. The summed E-state index contributed by atoms with van der Waals surface area (Å²) in [5, 5.41) is 2.13. The van der Waals surface area contributed by atoms with Crippen LogP contribution in [0.1, 0.15) is 0 Å². The first-order valence-corrected chi connectivity index (χ1v) is 8.96. The SMILES string of the molecule is Br.FC(F)[P+](c1ccccc1)(c1ccccc1)c1ccccc1. The minimum atomic E-state index is -2.96. The van der Waals surface area contributed by atoms with E-state index in [1.54, 1.807) is 0 Å². The van der Waals surface area contributed by atoms with Gasteiger partial charge in [0.15, 0.2) is 7.26 Å². The number of benzene rings is 3. The molecular weight excluding hydrogens is 377 g/mol. The van der Waals surface area contributed by atoms with Gasteiger partial charge >= 0.3 is 6.17 Å². The van der Waals surface area contributed by atoms with Gasteiger partial charge in [-0.3, -0.25) is 0 Å². The smallest absolute Gasteiger partial charge is 0.169 e. The lowest BCUT2D eigenvalue weighted by Crippen LogP contribution is -2.35. The molecule has 4 heteroatoms. The Morgan fingerprint density at radius 2 is 0.783 bits per heavy atom. The minimum absolute atomic E-state index is 0. The predicted octanol–water partition coefficient (Wildman–Crippen LogP) is 4.78. The van der Waals surface area contributed by atoms with Crippen LogP contribution in [0.5, 0.6) is 0 Å². The van der Waals surface area contributed by atoms with Crippen LogP contribution in [0.4, 0.5) is 8.78 Å². The fourth-order valence-electron chi connectivity index (χ4n) is 2.77. The van der Waals surface area contributed by atoms with E-state index in [0.29, 0.717) is 15.9 Å². The average molecular weight is 394 g/mol. The molecule has 23 heavy (non-hydrogen) atoms. The molecule has 0 aromatic heterocycles. The van der Waals surface area contributed by atoms with Crippen molar-refractivity contribution >= 4 is 40.2 Å². The molecule has 3 rings (SSSR count). The topological polar surface area (TPSA) is 0 Å². The van der Waals surface area contributed by atoms with Gasteiger partial charge in [-0.2, -0.15) is 8.78 Å². The molecule has 0 fully saturated rings. The first-order chi connectivity index (χ1) is 10.8. The molecule has 0 atom stereocenters. The van der Waals surface area contributed by atoms with Gasteiger partial charge in [0.1, 0.15) is 15.9 Å². The molecule has 0 radical (unpaired) electrons. The van der Waals surface area contributed by atoms with Crippen molar-refractivity contribution in [1.29, 1.82) is 0 Å². The summed E-state index contributed by atoms with van der Waals surface area (Å²) in [6, 6.07) is 27.5. The lowest BCUT2D eigenvalue weighted by molar-refractivity contribution is 0.245. The van der Waals surface area contributed by atoms with Gasteiger partial charge in [-0.05, 0) is 36.4 Å². The highest BCUT2D eigenvalue weighted by Gasteiger charge is 2.54. The standard InChI is InChI=1S/C19H16F2P.BrH/c20-19(21)22(16-10-4-1-5-11-16,17-12-6-2-7-13-17)18-14-8-3-9-15-18;/h1-15,19H;1H/q+1;. The quantitative estimate of drug-likeness (QED) is 0.559. The van der Waals surface area contributed by atoms with Crippen LogP contribution in [-0.4, -0.2) is 6.17 Å². The molecule has 0 N–H and O–H groups in total. The van der Waals surface area contributed by atoms with E-state index in [1.165, 1.54) is 0 Å². The second kappa shape index (κ2) is 7.81. The Hall–Kier alpha value is -1.57. The summed E-state index contributed by atoms with van der Waals surface area (Å²) in [6.45, 7) is 0. The van der Waals surface area contributed by atoms with E-state index in [4.69, 9.17) is 0 Å². The van der Waals surface area contributed by atoms with E-state index in [0.717, 1.165) is 0 Å². The van der Waals surface area contributed by atoms with Crippen molar-refractivity contribution in [3.05, 3.63) is 91.0 Å². The van der Waals surface area contributed by atoms with Gasteiger partial charge in [0, 0.05) is 0 Å². The number of alkyl halides is 2. The van der Waals surface area contributed by atoms with Gasteiger partial charge < -0.3 is 0 Å². The maximum Gasteiger partial charge on any atom is 0.358 e. The molecule has 3 aromatic carbocycles. The van der Waals surface area contributed by atoms with Crippen molar-refractivity contribution in [2.24, 2.45) is 0 Å². The Kier molecular flexibility index (Phi) is 6.04. The number of halogens is 3. The van der Waals surface area contributed by atoms with Gasteiger partial charge in [-0.25, -0.2) is 0 Å². The molecule has 118 valence electrons. The van der Waals surface area contributed by atoms with Crippen LogP contribution in [-0.2, 0) is 0 Å². The van der Waals surface area contributed by atoms with Crippen LogP contribution < -0.4 is 15.9 Å². The van der Waals surface area contributed by atoms with Crippen molar-refractivity contribution in [1.82, 2.24) is 0 Å². The van der Waals surface area contributed by atoms with Gasteiger partial charge in [-0.1, -0.05) is 54.6 Å².